The third-order valence-electron chi connectivity index (χ3n) is 3.25. The summed E-state index contributed by atoms with van der Waals surface area (Å²) in [4.78, 5) is 18.1. The van der Waals surface area contributed by atoms with E-state index in [1.54, 1.807) is 54.4 Å². The first-order valence-corrected chi connectivity index (χ1v) is 6.27. The number of nitrogens with zero attached hydrogens (tertiary/aromatic N) is 5. The number of rotatable bonds is 2. The molecule has 0 N–H and O–H groups in total. The second-order valence-electron chi connectivity index (χ2n) is 4.46. The number of benzene rings is 1. The lowest BCUT2D eigenvalue weighted by Gasteiger charge is -2.17. The highest BCUT2D eigenvalue weighted by molar-refractivity contribution is 6.10. The molecular formula is C15H11N5O. The van der Waals surface area contributed by atoms with Gasteiger partial charge in [-0.3, -0.25) is 9.78 Å². The van der Waals surface area contributed by atoms with Gasteiger partial charge in [-0.2, -0.15) is 10.4 Å². The summed E-state index contributed by atoms with van der Waals surface area (Å²) in [6.45, 7) is 0. The smallest absolute Gasteiger partial charge is 0.261 e. The normalized spacial score (nSPS) is 10.3. The lowest BCUT2D eigenvalue weighted by molar-refractivity contribution is 0.0994. The molecule has 0 atom stereocenters. The van der Waals surface area contributed by atoms with Crippen LogP contribution in [0.15, 0.2) is 49.1 Å². The van der Waals surface area contributed by atoms with Crippen LogP contribution in [-0.4, -0.2) is 27.6 Å². The van der Waals surface area contributed by atoms with Crippen molar-refractivity contribution in [1.29, 1.82) is 5.26 Å². The molecule has 21 heavy (non-hydrogen) atoms. The average molecular weight is 277 g/mol. The fourth-order valence-electron chi connectivity index (χ4n) is 2.15. The number of amides is 1. The average Bonchev–Trinajstić information content (AvgIpc) is 2.97. The summed E-state index contributed by atoms with van der Waals surface area (Å²) in [5, 5.41) is 13.3. The van der Waals surface area contributed by atoms with Gasteiger partial charge in [0.05, 0.1) is 34.7 Å². The van der Waals surface area contributed by atoms with Crippen LogP contribution in [-0.2, 0) is 0 Å². The number of fused-ring (bicyclic) bond motifs is 1. The molecule has 0 bridgehead atoms. The van der Waals surface area contributed by atoms with Crippen molar-refractivity contribution >= 4 is 17.1 Å². The SMILES string of the molecule is CN(C(=O)c1cnn2ccncc12)c1ccccc1C#N. The van der Waals surface area contributed by atoms with E-state index >= 15 is 0 Å². The van der Waals surface area contributed by atoms with Crippen LogP contribution in [0.5, 0.6) is 0 Å². The predicted octanol–water partition coefficient (Wildman–Crippen LogP) is 1.88. The molecule has 0 unspecified atom stereocenters. The Morgan fingerprint density at radius 2 is 2.14 bits per heavy atom. The lowest BCUT2D eigenvalue weighted by atomic mass is 10.1. The zero-order valence-corrected chi connectivity index (χ0v) is 11.3. The maximum atomic E-state index is 12.6. The van der Waals surface area contributed by atoms with Crippen LogP contribution in [0, 0.1) is 11.3 Å². The maximum absolute atomic E-state index is 12.6. The maximum Gasteiger partial charge on any atom is 0.261 e. The second-order valence-corrected chi connectivity index (χ2v) is 4.46. The number of anilines is 1. The van der Waals surface area contributed by atoms with Crippen LogP contribution in [0.2, 0.25) is 0 Å². The first-order chi connectivity index (χ1) is 10.2. The third kappa shape index (κ3) is 2.11. The van der Waals surface area contributed by atoms with E-state index in [0.717, 1.165) is 0 Å². The van der Waals surface area contributed by atoms with Crippen molar-refractivity contribution in [2.45, 2.75) is 0 Å². The van der Waals surface area contributed by atoms with Crippen LogP contribution in [0.3, 0.4) is 0 Å². The van der Waals surface area contributed by atoms with E-state index in [1.807, 2.05) is 0 Å². The van der Waals surface area contributed by atoms with E-state index in [1.165, 1.54) is 11.1 Å². The molecule has 2 aromatic heterocycles. The molecule has 2 heterocycles. The van der Waals surface area contributed by atoms with Gasteiger partial charge in [-0.15, -0.1) is 0 Å². The molecule has 0 spiro atoms. The Morgan fingerprint density at radius 3 is 2.95 bits per heavy atom. The first kappa shape index (κ1) is 12.8. The lowest BCUT2D eigenvalue weighted by Crippen LogP contribution is -2.26. The Kier molecular flexibility index (Phi) is 3.09. The molecule has 0 aliphatic rings. The number of hydrogen-bond donors (Lipinski definition) is 0. The van der Waals surface area contributed by atoms with Crippen molar-refractivity contribution in [1.82, 2.24) is 14.6 Å². The van der Waals surface area contributed by atoms with Gasteiger partial charge in [-0.25, -0.2) is 4.52 Å². The van der Waals surface area contributed by atoms with Gasteiger partial charge in [0.1, 0.15) is 6.07 Å². The van der Waals surface area contributed by atoms with Crippen molar-refractivity contribution < 1.29 is 4.79 Å². The van der Waals surface area contributed by atoms with E-state index < -0.39 is 0 Å². The van der Waals surface area contributed by atoms with E-state index in [-0.39, 0.29) is 5.91 Å². The summed E-state index contributed by atoms with van der Waals surface area (Å²) >= 11 is 0. The molecule has 0 saturated carbocycles. The number of hydrogen-bond acceptors (Lipinski definition) is 4. The molecule has 0 radical (unpaired) electrons. The molecule has 3 rings (SSSR count). The van der Waals surface area contributed by atoms with Gasteiger partial charge < -0.3 is 4.90 Å². The summed E-state index contributed by atoms with van der Waals surface area (Å²) in [6, 6.07) is 9.05. The number of carbonyl (C=O) groups is 1. The van der Waals surface area contributed by atoms with Crippen LogP contribution in [0.25, 0.3) is 5.52 Å². The van der Waals surface area contributed by atoms with Crippen LogP contribution in [0.1, 0.15) is 15.9 Å². The fourth-order valence-corrected chi connectivity index (χ4v) is 2.15. The minimum atomic E-state index is -0.235. The Hall–Kier alpha value is -3.20. The van der Waals surface area contributed by atoms with Crippen molar-refractivity contribution in [3.8, 4) is 6.07 Å². The first-order valence-electron chi connectivity index (χ1n) is 6.27. The van der Waals surface area contributed by atoms with Gasteiger partial charge in [0.2, 0.25) is 0 Å². The highest BCUT2D eigenvalue weighted by atomic mass is 16.2. The number of carbonyl (C=O) groups excluding carboxylic acids is 1. The topological polar surface area (TPSA) is 74.3 Å². The molecule has 3 aromatic rings. The molecular weight excluding hydrogens is 266 g/mol. The number of aromatic nitrogens is 3. The molecule has 1 aromatic carbocycles. The van der Waals surface area contributed by atoms with Gasteiger partial charge in [0.15, 0.2) is 0 Å². The standard InChI is InChI=1S/C15H11N5O/c1-19(13-5-3-2-4-11(13)8-16)15(21)12-9-18-20-7-6-17-10-14(12)20/h2-7,9-10H,1H3. The fraction of sp³-hybridized carbons (Fsp3) is 0.0667. The molecule has 6 heteroatoms. The zero-order chi connectivity index (χ0) is 14.8. The molecule has 0 aliphatic heterocycles. The molecule has 102 valence electrons. The summed E-state index contributed by atoms with van der Waals surface area (Å²) in [7, 11) is 1.64. The Balaban J connectivity index is 2.04. The van der Waals surface area contributed by atoms with Crippen LogP contribution in [0.4, 0.5) is 5.69 Å². The van der Waals surface area contributed by atoms with Crippen LogP contribution < -0.4 is 4.90 Å². The van der Waals surface area contributed by atoms with Crippen molar-refractivity contribution in [3.63, 3.8) is 0 Å². The van der Waals surface area contributed by atoms with Gasteiger partial charge >= 0.3 is 0 Å². The van der Waals surface area contributed by atoms with Gasteiger partial charge in [-0.1, -0.05) is 12.1 Å². The summed E-state index contributed by atoms with van der Waals surface area (Å²) in [6.07, 6.45) is 6.37. The molecule has 6 nitrogen and oxygen atoms in total. The molecule has 1 amide bonds. The Morgan fingerprint density at radius 1 is 1.33 bits per heavy atom. The van der Waals surface area contributed by atoms with Crippen molar-refractivity contribution in [3.05, 3.63) is 60.2 Å². The van der Waals surface area contributed by atoms with E-state index in [4.69, 9.17) is 5.26 Å². The third-order valence-corrected chi connectivity index (χ3v) is 3.25. The van der Waals surface area contributed by atoms with E-state index in [9.17, 15) is 4.79 Å². The molecule has 0 aliphatic carbocycles. The Labute approximate surface area is 120 Å². The van der Waals surface area contributed by atoms with Crippen molar-refractivity contribution in [2.24, 2.45) is 0 Å². The highest BCUT2D eigenvalue weighted by Crippen LogP contribution is 2.21. The highest BCUT2D eigenvalue weighted by Gasteiger charge is 2.19. The monoisotopic (exact) mass is 277 g/mol. The van der Waals surface area contributed by atoms with E-state index in [2.05, 4.69) is 16.2 Å². The summed E-state index contributed by atoms with van der Waals surface area (Å²) in [5.41, 5.74) is 2.08. The molecule has 0 saturated heterocycles. The quantitative estimate of drug-likeness (QED) is 0.716. The predicted molar refractivity (Wildman–Crippen MR) is 76.9 cm³/mol. The zero-order valence-electron chi connectivity index (χ0n) is 11.3. The van der Waals surface area contributed by atoms with Gasteiger partial charge in [0.25, 0.3) is 5.91 Å². The van der Waals surface area contributed by atoms with Crippen LogP contribution >= 0.6 is 0 Å². The minimum Gasteiger partial charge on any atom is -0.310 e. The van der Waals surface area contributed by atoms with Crippen molar-refractivity contribution in [2.75, 3.05) is 11.9 Å². The molecule has 0 fully saturated rings. The Bertz CT molecular complexity index is 862. The van der Waals surface area contributed by atoms with Gasteiger partial charge in [0, 0.05) is 19.4 Å². The number of para-hydroxylation sites is 1. The summed E-state index contributed by atoms with van der Waals surface area (Å²) in [5.74, 6) is -0.235. The second kappa shape index (κ2) is 5.06. The van der Waals surface area contributed by atoms with Gasteiger partial charge in [-0.05, 0) is 12.1 Å². The van der Waals surface area contributed by atoms with E-state index in [0.29, 0.717) is 22.3 Å². The number of nitriles is 1. The minimum absolute atomic E-state index is 0.235. The summed E-state index contributed by atoms with van der Waals surface area (Å²) < 4.78 is 1.59. The largest absolute Gasteiger partial charge is 0.310 e.